The lowest BCUT2D eigenvalue weighted by atomic mass is 10.1. The van der Waals surface area contributed by atoms with Gasteiger partial charge in [0.1, 0.15) is 0 Å². The van der Waals surface area contributed by atoms with E-state index < -0.39 is 0 Å². The van der Waals surface area contributed by atoms with Gasteiger partial charge in [-0.2, -0.15) is 0 Å². The first-order valence-electron chi connectivity index (χ1n) is 9.39. The third-order valence-corrected chi connectivity index (χ3v) is 5.19. The lowest BCUT2D eigenvalue weighted by Gasteiger charge is -2.13. The van der Waals surface area contributed by atoms with Crippen molar-refractivity contribution in [3.05, 3.63) is 40.4 Å². The second kappa shape index (κ2) is 10.9. The number of unbranched alkanes of at least 4 members (excludes halogenated alkanes) is 5. The monoisotopic (exact) mass is 374 g/mol. The molecule has 0 bridgehead atoms. The number of nitrogens with two attached hydrogens (primary N) is 1. The van der Waals surface area contributed by atoms with Gasteiger partial charge in [-0.05, 0) is 50.9 Å². The quantitative estimate of drug-likeness (QED) is 0.497. The fraction of sp³-hybridized carbons (Fsp3) is 0.500. The molecule has 0 radical (unpaired) electrons. The molecule has 1 aromatic carbocycles. The fourth-order valence-corrected chi connectivity index (χ4v) is 3.51. The van der Waals surface area contributed by atoms with E-state index in [0.717, 1.165) is 42.1 Å². The van der Waals surface area contributed by atoms with E-state index in [-0.39, 0.29) is 5.91 Å². The van der Waals surface area contributed by atoms with Crippen LogP contribution < -0.4 is 16.4 Å². The van der Waals surface area contributed by atoms with Crippen molar-refractivity contribution < 1.29 is 4.79 Å². The highest BCUT2D eigenvalue weighted by atomic mass is 32.1. The molecule has 0 saturated carbocycles. The second-order valence-electron chi connectivity index (χ2n) is 6.55. The lowest BCUT2D eigenvalue weighted by molar-refractivity contribution is 0.102. The topological polar surface area (TPSA) is 80.0 Å². The van der Waals surface area contributed by atoms with Gasteiger partial charge in [0.15, 0.2) is 5.13 Å². The molecule has 0 saturated heterocycles. The summed E-state index contributed by atoms with van der Waals surface area (Å²) in [6.07, 6.45) is 9.02. The largest absolute Gasteiger partial charge is 0.385 e. The third-order valence-electron chi connectivity index (χ3n) is 4.37. The van der Waals surface area contributed by atoms with Crippen LogP contribution >= 0.6 is 11.3 Å². The molecule has 0 aliphatic heterocycles. The summed E-state index contributed by atoms with van der Waals surface area (Å²) in [5, 5.41) is 6.98. The molecule has 6 heteroatoms. The van der Waals surface area contributed by atoms with Gasteiger partial charge in [0.25, 0.3) is 5.91 Å². The van der Waals surface area contributed by atoms with E-state index in [0.29, 0.717) is 10.7 Å². The zero-order valence-corrected chi connectivity index (χ0v) is 16.6. The van der Waals surface area contributed by atoms with Crippen LogP contribution in [0.25, 0.3) is 0 Å². The Balaban J connectivity index is 1.81. The molecule has 4 N–H and O–H groups in total. The maximum Gasteiger partial charge on any atom is 0.257 e. The molecule has 0 aliphatic carbocycles. The number of aromatic nitrogens is 1. The van der Waals surface area contributed by atoms with Crippen LogP contribution in [-0.2, 0) is 0 Å². The van der Waals surface area contributed by atoms with E-state index in [4.69, 9.17) is 5.73 Å². The van der Waals surface area contributed by atoms with Crippen LogP contribution in [0.5, 0.6) is 0 Å². The summed E-state index contributed by atoms with van der Waals surface area (Å²) >= 11 is 1.48. The smallest absolute Gasteiger partial charge is 0.257 e. The average molecular weight is 375 g/mol. The van der Waals surface area contributed by atoms with E-state index >= 15 is 0 Å². The Morgan fingerprint density at radius 2 is 1.85 bits per heavy atom. The number of rotatable bonds is 11. The highest BCUT2D eigenvalue weighted by Crippen LogP contribution is 2.22. The van der Waals surface area contributed by atoms with Gasteiger partial charge in [0.2, 0.25) is 0 Å². The summed E-state index contributed by atoms with van der Waals surface area (Å²) in [6.45, 7) is 5.68. The number of thiazole rings is 1. The van der Waals surface area contributed by atoms with Gasteiger partial charge in [0.05, 0.1) is 0 Å². The summed E-state index contributed by atoms with van der Waals surface area (Å²) in [6, 6.07) is 5.80. The van der Waals surface area contributed by atoms with Crippen LogP contribution in [0.3, 0.4) is 0 Å². The Hall–Kier alpha value is -1.92. The molecule has 0 aliphatic rings. The average Bonchev–Trinajstić information content (AvgIpc) is 3.03. The molecule has 1 amide bonds. The highest BCUT2D eigenvalue weighted by molar-refractivity contribution is 7.15. The van der Waals surface area contributed by atoms with Gasteiger partial charge in [-0.15, -0.1) is 11.3 Å². The molecule has 2 rings (SSSR count). The SMILES string of the molecule is Cc1cnc(NC(=O)c2cccc(NCCCCCCCCN)c2C)s1. The van der Waals surface area contributed by atoms with E-state index in [1.807, 2.05) is 32.0 Å². The number of anilines is 2. The van der Waals surface area contributed by atoms with Gasteiger partial charge in [-0.1, -0.05) is 31.7 Å². The Kier molecular flexibility index (Phi) is 8.58. The van der Waals surface area contributed by atoms with Gasteiger partial charge in [0, 0.05) is 28.9 Å². The number of nitrogens with one attached hydrogen (secondary N) is 2. The standard InChI is InChI=1S/C20H30N4OS/c1-15-14-23-20(26-15)24-19(25)17-10-9-11-18(16(17)2)22-13-8-6-4-3-5-7-12-21/h9-11,14,22H,3-8,12-13,21H2,1-2H3,(H,23,24,25). The predicted molar refractivity (Wildman–Crippen MR) is 111 cm³/mol. The van der Waals surface area contributed by atoms with Crippen LogP contribution in [0.4, 0.5) is 10.8 Å². The molecule has 142 valence electrons. The minimum Gasteiger partial charge on any atom is -0.385 e. The molecule has 0 fully saturated rings. The van der Waals surface area contributed by atoms with Crippen molar-refractivity contribution in [3.63, 3.8) is 0 Å². The van der Waals surface area contributed by atoms with E-state index in [2.05, 4.69) is 15.6 Å². The Morgan fingerprint density at radius 3 is 2.54 bits per heavy atom. The second-order valence-corrected chi connectivity index (χ2v) is 7.78. The Bertz CT molecular complexity index is 699. The Morgan fingerprint density at radius 1 is 1.12 bits per heavy atom. The normalized spacial score (nSPS) is 10.7. The van der Waals surface area contributed by atoms with Gasteiger partial charge < -0.3 is 11.1 Å². The number of hydrogen-bond donors (Lipinski definition) is 3. The maximum absolute atomic E-state index is 12.5. The minimum atomic E-state index is -0.111. The van der Waals surface area contributed by atoms with Crippen LogP contribution in [-0.4, -0.2) is 24.0 Å². The van der Waals surface area contributed by atoms with E-state index in [9.17, 15) is 4.79 Å². The fourth-order valence-electron chi connectivity index (χ4n) is 2.85. The molecule has 0 spiro atoms. The summed E-state index contributed by atoms with van der Waals surface area (Å²) < 4.78 is 0. The summed E-state index contributed by atoms with van der Waals surface area (Å²) in [5.41, 5.74) is 8.19. The van der Waals surface area contributed by atoms with Crippen molar-refractivity contribution in [1.29, 1.82) is 0 Å². The number of hydrogen-bond acceptors (Lipinski definition) is 5. The van der Waals surface area contributed by atoms with Crippen LogP contribution in [0.15, 0.2) is 24.4 Å². The lowest BCUT2D eigenvalue weighted by Crippen LogP contribution is -2.14. The van der Waals surface area contributed by atoms with Gasteiger partial charge in [-0.3, -0.25) is 10.1 Å². The Labute approximate surface area is 160 Å². The number of nitrogens with zero attached hydrogens (tertiary/aromatic N) is 1. The van der Waals surface area contributed by atoms with Crippen LogP contribution in [0, 0.1) is 13.8 Å². The highest BCUT2D eigenvalue weighted by Gasteiger charge is 2.13. The van der Waals surface area contributed by atoms with Crippen molar-refractivity contribution in [3.8, 4) is 0 Å². The van der Waals surface area contributed by atoms with Crippen molar-refractivity contribution in [1.82, 2.24) is 4.98 Å². The van der Waals surface area contributed by atoms with Crippen molar-refractivity contribution >= 4 is 28.1 Å². The zero-order valence-electron chi connectivity index (χ0n) is 15.8. The first-order chi connectivity index (χ1) is 12.6. The maximum atomic E-state index is 12.5. The van der Waals surface area contributed by atoms with Crippen molar-refractivity contribution in [2.24, 2.45) is 5.73 Å². The first-order valence-corrected chi connectivity index (χ1v) is 10.2. The number of benzene rings is 1. The predicted octanol–water partition coefficient (Wildman–Crippen LogP) is 4.72. The molecular weight excluding hydrogens is 344 g/mol. The van der Waals surface area contributed by atoms with E-state index in [1.54, 1.807) is 6.20 Å². The molecule has 2 aromatic rings. The number of carbonyl (C=O) groups is 1. The van der Waals surface area contributed by atoms with Crippen molar-refractivity contribution in [2.75, 3.05) is 23.7 Å². The summed E-state index contributed by atoms with van der Waals surface area (Å²) in [5.74, 6) is -0.111. The van der Waals surface area contributed by atoms with E-state index in [1.165, 1.54) is 37.0 Å². The van der Waals surface area contributed by atoms with Crippen LogP contribution in [0.1, 0.15) is 59.3 Å². The number of amides is 1. The molecule has 0 unspecified atom stereocenters. The molecular formula is C20H30N4OS. The first kappa shape index (κ1) is 20.4. The number of aryl methyl sites for hydroxylation is 1. The molecule has 26 heavy (non-hydrogen) atoms. The van der Waals surface area contributed by atoms with Gasteiger partial charge in [-0.25, -0.2) is 4.98 Å². The molecule has 5 nitrogen and oxygen atoms in total. The molecule has 1 aromatic heterocycles. The molecule has 1 heterocycles. The van der Waals surface area contributed by atoms with Crippen molar-refractivity contribution in [2.45, 2.75) is 52.4 Å². The van der Waals surface area contributed by atoms with Crippen LogP contribution in [0.2, 0.25) is 0 Å². The summed E-state index contributed by atoms with van der Waals surface area (Å²) in [7, 11) is 0. The molecule has 0 atom stereocenters. The third kappa shape index (κ3) is 6.42. The number of carbonyl (C=O) groups excluding carboxylic acids is 1. The zero-order chi connectivity index (χ0) is 18.8. The van der Waals surface area contributed by atoms with Gasteiger partial charge >= 0.3 is 0 Å². The summed E-state index contributed by atoms with van der Waals surface area (Å²) in [4.78, 5) is 17.8. The minimum absolute atomic E-state index is 0.111.